The first-order valence-corrected chi connectivity index (χ1v) is 7.90. The van der Waals surface area contributed by atoms with Crippen LogP contribution in [0, 0.1) is 10.1 Å². The van der Waals surface area contributed by atoms with E-state index in [0.717, 1.165) is 4.90 Å². The van der Waals surface area contributed by atoms with Gasteiger partial charge in [-0.1, -0.05) is 0 Å². The number of esters is 1. The van der Waals surface area contributed by atoms with E-state index in [1.165, 1.54) is 19.2 Å². The third-order valence-electron chi connectivity index (χ3n) is 3.15. The van der Waals surface area contributed by atoms with Gasteiger partial charge in [0.05, 0.1) is 12.0 Å². The van der Waals surface area contributed by atoms with Gasteiger partial charge in [-0.25, -0.2) is 4.79 Å². The molecule has 0 radical (unpaired) electrons. The second kappa shape index (κ2) is 7.64. The summed E-state index contributed by atoms with van der Waals surface area (Å²) >= 11 is 1.55. The Morgan fingerprint density at radius 2 is 1.91 bits per heavy atom. The van der Waals surface area contributed by atoms with Gasteiger partial charge in [-0.3, -0.25) is 10.1 Å². The van der Waals surface area contributed by atoms with Gasteiger partial charge in [0.2, 0.25) is 0 Å². The molecule has 0 bridgehead atoms. The molecule has 0 amide bonds. The Hall–Kier alpha value is -2.54. The second-order valence-electron chi connectivity index (χ2n) is 4.57. The molecule has 0 heterocycles. The quantitative estimate of drug-likeness (QED) is 0.347. The van der Waals surface area contributed by atoms with E-state index in [1.54, 1.807) is 36.0 Å². The summed E-state index contributed by atoms with van der Waals surface area (Å²) in [4.78, 5) is 23.2. The average Bonchev–Trinajstić information content (AvgIpc) is 2.59. The van der Waals surface area contributed by atoms with Gasteiger partial charge >= 0.3 is 5.97 Å². The van der Waals surface area contributed by atoms with E-state index in [2.05, 4.69) is 0 Å². The van der Waals surface area contributed by atoms with Gasteiger partial charge < -0.3 is 9.47 Å². The van der Waals surface area contributed by atoms with Gasteiger partial charge in [0.1, 0.15) is 17.9 Å². The first-order chi connectivity index (χ1) is 11.0. The molecule has 0 atom stereocenters. The number of nitro groups is 1. The molecule has 0 unspecified atom stereocenters. The highest BCUT2D eigenvalue weighted by Crippen LogP contribution is 2.26. The van der Waals surface area contributed by atoms with Crippen molar-refractivity contribution in [2.24, 2.45) is 0 Å². The number of hydrogen-bond acceptors (Lipinski definition) is 6. The fourth-order valence-corrected chi connectivity index (χ4v) is 2.34. The van der Waals surface area contributed by atoms with E-state index in [-0.39, 0.29) is 12.3 Å². The Labute approximate surface area is 137 Å². The lowest BCUT2D eigenvalue weighted by molar-refractivity contribution is -0.384. The van der Waals surface area contributed by atoms with Gasteiger partial charge in [-0.15, -0.1) is 11.8 Å². The van der Waals surface area contributed by atoms with Crippen LogP contribution in [0.2, 0.25) is 0 Å². The summed E-state index contributed by atoms with van der Waals surface area (Å²) in [6, 6.07) is 11.1. The summed E-state index contributed by atoms with van der Waals surface area (Å²) in [5.41, 5.74) is 1.00. The largest absolute Gasteiger partial charge is 0.496 e. The number of carbonyl (C=O) groups is 1. The molecule has 0 saturated heterocycles. The van der Waals surface area contributed by atoms with Crippen molar-refractivity contribution in [3.05, 3.63) is 63.7 Å². The summed E-state index contributed by atoms with van der Waals surface area (Å²) in [6.07, 6.45) is 1.93. The number of methoxy groups -OCH3 is 1. The topological polar surface area (TPSA) is 78.7 Å². The highest BCUT2D eigenvalue weighted by molar-refractivity contribution is 7.98. The smallest absolute Gasteiger partial charge is 0.342 e. The first kappa shape index (κ1) is 16.8. The molecule has 23 heavy (non-hydrogen) atoms. The predicted molar refractivity (Wildman–Crippen MR) is 87.0 cm³/mol. The molecule has 0 aromatic heterocycles. The predicted octanol–water partition coefficient (Wildman–Crippen LogP) is 3.68. The van der Waals surface area contributed by atoms with Crippen LogP contribution in [-0.2, 0) is 11.3 Å². The van der Waals surface area contributed by atoms with Crippen LogP contribution in [0.1, 0.15) is 15.9 Å². The lowest BCUT2D eigenvalue weighted by Gasteiger charge is -2.10. The van der Waals surface area contributed by atoms with Crippen LogP contribution in [0.15, 0.2) is 47.4 Å². The fourth-order valence-electron chi connectivity index (χ4n) is 1.91. The minimum absolute atomic E-state index is 0.00519. The van der Waals surface area contributed by atoms with Gasteiger partial charge in [0, 0.05) is 17.0 Å². The molecule has 0 N–H and O–H groups in total. The Bertz CT molecular complexity index is 715. The van der Waals surface area contributed by atoms with Crippen LogP contribution in [0.3, 0.4) is 0 Å². The third kappa shape index (κ3) is 4.23. The molecular weight excluding hydrogens is 318 g/mol. The molecule has 2 aromatic carbocycles. The van der Waals surface area contributed by atoms with Crippen molar-refractivity contribution in [2.75, 3.05) is 13.4 Å². The Morgan fingerprint density at radius 1 is 1.22 bits per heavy atom. The Morgan fingerprint density at radius 3 is 2.48 bits per heavy atom. The van der Waals surface area contributed by atoms with Gasteiger partial charge in [-0.2, -0.15) is 0 Å². The summed E-state index contributed by atoms with van der Waals surface area (Å²) in [5.74, 6) is -0.0570. The van der Waals surface area contributed by atoms with Crippen LogP contribution in [0.4, 0.5) is 5.69 Å². The monoisotopic (exact) mass is 333 g/mol. The molecule has 0 aliphatic carbocycles. The Kier molecular flexibility index (Phi) is 5.59. The lowest BCUT2D eigenvalue weighted by atomic mass is 10.2. The zero-order valence-electron chi connectivity index (χ0n) is 12.6. The lowest BCUT2D eigenvalue weighted by Crippen LogP contribution is -2.07. The summed E-state index contributed by atoms with van der Waals surface area (Å²) in [7, 11) is 1.49. The number of rotatable bonds is 6. The second-order valence-corrected chi connectivity index (χ2v) is 5.45. The highest BCUT2D eigenvalue weighted by atomic mass is 32.2. The molecule has 7 heteroatoms. The van der Waals surface area contributed by atoms with Crippen LogP contribution in [0.5, 0.6) is 5.75 Å². The number of ether oxygens (including phenoxy) is 2. The molecule has 0 aliphatic rings. The number of non-ortho nitro benzene ring substituents is 1. The fraction of sp³-hybridized carbons (Fsp3) is 0.188. The number of thioether (sulfide) groups is 1. The molecule has 0 spiro atoms. The highest BCUT2D eigenvalue weighted by Gasteiger charge is 2.14. The normalized spacial score (nSPS) is 10.2. The number of hydrogen-bond donors (Lipinski definition) is 0. The zero-order valence-corrected chi connectivity index (χ0v) is 13.5. The minimum atomic E-state index is -0.507. The van der Waals surface area contributed by atoms with Crippen molar-refractivity contribution in [2.45, 2.75) is 11.5 Å². The number of nitro benzene ring substituents is 1. The van der Waals surface area contributed by atoms with E-state index in [0.29, 0.717) is 16.9 Å². The summed E-state index contributed by atoms with van der Waals surface area (Å²) < 4.78 is 10.4. The molecule has 0 aliphatic heterocycles. The van der Waals surface area contributed by atoms with Gasteiger partial charge in [0.15, 0.2) is 0 Å². The summed E-state index contributed by atoms with van der Waals surface area (Å²) in [6.45, 7) is 0.0320. The van der Waals surface area contributed by atoms with Crippen molar-refractivity contribution >= 4 is 23.4 Å². The Balaban J connectivity index is 2.06. The van der Waals surface area contributed by atoms with E-state index in [9.17, 15) is 14.9 Å². The molecule has 120 valence electrons. The van der Waals surface area contributed by atoms with Crippen molar-refractivity contribution < 1.29 is 19.2 Å². The maximum atomic E-state index is 12.2. The zero-order chi connectivity index (χ0) is 16.8. The van der Waals surface area contributed by atoms with Crippen LogP contribution >= 0.6 is 11.8 Å². The average molecular weight is 333 g/mol. The first-order valence-electron chi connectivity index (χ1n) is 6.67. The van der Waals surface area contributed by atoms with E-state index in [4.69, 9.17) is 9.47 Å². The van der Waals surface area contributed by atoms with Crippen molar-refractivity contribution in [1.29, 1.82) is 0 Å². The van der Waals surface area contributed by atoms with Crippen LogP contribution < -0.4 is 4.74 Å². The molecule has 2 aromatic rings. The summed E-state index contributed by atoms with van der Waals surface area (Å²) in [5, 5.41) is 10.6. The maximum absolute atomic E-state index is 12.2. The number of carbonyl (C=O) groups excluding carboxylic acids is 1. The van der Waals surface area contributed by atoms with Crippen LogP contribution in [-0.4, -0.2) is 24.3 Å². The van der Waals surface area contributed by atoms with E-state index < -0.39 is 10.9 Å². The van der Waals surface area contributed by atoms with Crippen molar-refractivity contribution in [1.82, 2.24) is 0 Å². The standard InChI is InChI=1S/C16H15NO5S/c1-21-15-9-13(23-2)7-8-14(15)16(18)22-10-11-3-5-12(6-4-11)17(19)20/h3-9H,10H2,1-2H3. The minimum Gasteiger partial charge on any atom is -0.496 e. The third-order valence-corrected chi connectivity index (χ3v) is 3.87. The molecular formula is C16H15NO5S. The maximum Gasteiger partial charge on any atom is 0.342 e. The number of benzene rings is 2. The molecule has 2 rings (SSSR count). The molecule has 6 nitrogen and oxygen atoms in total. The van der Waals surface area contributed by atoms with Gasteiger partial charge in [-0.05, 0) is 42.2 Å². The van der Waals surface area contributed by atoms with Crippen LogP contribution in [0.25, 0.3) is 0 Å². The molecule has 0 fully saturated rings. The SMILES string of the molecule is COc1cc(SC)ccc1C(=O)OCc1ccc([N+](=O)[O-])cc1. The van der Waals surface area contributed by atoms with Crippen molar-refractivity contribution in [3.8, 4) is 5.75 Å². The van der Waals surface area contributed by atoms with Crippen molar-refractivity contribution in [3.63, 3.8) is 0 Å². The van der Waals surface area contributed by atoms with E-state index >= 15 is 0 Å². The molecule has 0 saturated carbocycles. The van der Waals surface area contributed by atoms with Gasteiger partial charge in [0.25, 0.3) is 5.69 Å². The number of nitrogens with zero attached hydrogens (tertiary/aromatic N) is 1. The van der Waals surface area contributed by atoms with E-state index in [1.807, 2.05) is 12.3 Å².